The van der Waals surface area contributed by atoms with Crippen LogP contribution in [0.15, 0.2) is 52.7 Å². The number of nitrogens with one attached hydrogen (secondary N) is 1. The number of aromatic nitrogens is 4. The second kappa shape index (κ2) is 8.57. The van der Waals surface area contributed by atoms with Gasteiger partial charge >= 0.3 is 0 Å². The number of amides is 1. The fourth-order valence-corrected chi connectivity index (χ4v) is 3.86. The molecule has 0 unspecified atom stereocenters. The van der Waals surface area contributed by atoms with Crippen LogP contribution >= 0.6 is 11.8 Å². The van der Waals surface area contributed by atoms with E-state index < -0.39 is 0 Å². The molecule has 3 heterocycles. The Labute approximate surface area is 165 Å². The molecule has 0 aliphatic carbocycles. The third kappa shape index (κ3) is 4.26. The number of hydrogen-bond donors (Lipinski definition) is 1. The molecule has 4 rings (SSSR count). The average molecular weight is 399 g/mol. The largest absolute Gasteiger partial charge is 0.376 e. The molecule has 1 aliphatic heterocycles. The lowest BCUT2D eigenvalue weighted by Crippen LogP contribution is -2.32. The minimum atomic E-state index is -0.214. The van der Waals surface area contributed by atoms with Gasteiger partial charge in [-0.1, -0.05) is 42.1 Å². The van der Waals surface area contributed by atoms with E-state index in [4.69, 9.17) is 4.74 Å². The van der Waals surface area contributed by atoms with Crippen molar-refractivity contribution < 1.29 is 9.53 Å². The van der Waals surface area contributed by atoms with Crippen molar-refractivity contribution >= 4 is 23.3 Å². The fraction of sp³-hybridized carbons (Fsp3) is 0.368. The van der Waals surface area contributed by atoms with Crippen LogP contribution in [0.4, 0.5) is 0 Å². The van der Waals surface area contributed by atoms with Gasteiger partial charge in [0.1, 0.15) is 0 Å². The molecule has 0 bridgehead atoms. The molecule has 8 nitrogen and oxygen atoms in total. The van der Waals surface area contributed by atoms with Gasteiger partial charge < -0.3 is 14.6 Å². The van der Waals surface area contributed by atoms with Crippen LogP contribution in [0.3, 0.4) is 0 Å². The molecular formula is C19H21N5O3S. The molecule has 1 aromatic carbocycles. The molecule has 1 fully saturated rings. The highest BCUT2D eigenvalue weighted by atomic mass is 32.2. The van der Waals surface area contributed by atoms with Crippen molar-refractivity contribution in [3.05, 3.63) is 58.6 Å². The smallest absolute Gasteiger partial charge is 0.296 e. The highest BCUT2D eigenvalue weighted by molar-refractivity contribution is 7.99. The summed E-state index contributed by atoms with van der Waals surface area (Å²) in [5, 5.41) is 11.5. The Morgan fingerprint density at radius 1 is 1.25 bits per heavy atom. The predicted octanol–water partition coefficient (Wildman–Crippen LogP) is 1.33. The number of thioether (sulfide) groups is 1. The lowest BCUT2D eigenvalue weighted by atomic mass is 10.2. The Morgan fingerprint density at radius 3 is 2.89 bits per heavy atom. The summed E-state index contributed by atoms with van der Waals surface area (Å²) < 4.78 is 8.72. The first-order valence-corrected chi connectivity index (χ1v) is 10.2. The summed E-state index contributed by atoms with van der Waals surface area (Å²) >= 11 is 1.25. The number of nitrogens with zero attached hydrogens (tertiary/aromatic N) is 4. The maximum atomic E-state index is 12.7. The van der Waals surface area contributed by atoms with Gasteiger partial charge in [0.25, 0.3) is 5.56 Å². The first-order chi connectivity index (χ1) is 13.7. The van der Waals surface area contributed by atoms with E-state index in [9.17, 15) is 9.59 Å². The van der Waals surface area contributed by atoms with E-state index in [1.807, 2.05) is 30.3 Å². The van der Waals surface area contributed by atoms with Gasteiger partial charge in [0, 0.05) is 25.5 Å². The van der Waals surface area contributed by atoms with Crippen molar-refractivity contribution in [1.29, 1.82) is 0 Å². The number of carbonyl (C=O) groups excluding carboxylic acids is 1. The molecule has 0 saturated carbocycles. The Balaban J connectivity index is 1.40. The van der Waals surface area contributed by atoms with E-state index in [1.54, 1.807) is 21.4 Å². The van der Waals surface area contributed by atoms with E-state index in [1.165, 1.54) is 11.8 Å². The lowest BCUT2D eigenvalue weighted by molar-refractivity contribution is -0.119. The molecule has 2 aromatic heterocycles. The van der Waals surface area contributed by atoms with Crippen molar-refractivity contribution in [2.45, 2.75) is 30.6 Å². The van der Waals surface area contributed by atoms with Gasteiger partial charge in [-0.3, -0.25) is 14.0 Å². The van der Waals surface area contributed by atoms with Gasteiger partial charge in [-0.2, -0.15) is 0 Å². The second-order valence-corrected chi connectivity index (χ2v) is 7.56. The topological polar surface area (TPSA) is 90.5 Å². The minimum Gasteiger partial charge on any atom is -0.376 e. The Hall–Kier alpha value is -2.65. The molecule has 9 heteroatoms. The normalized spacial score (nSPS) is 16.5. The summed E-state index contributed by atoms with van der Waals surface area (Å²) in [5.74, 6) is 0.121. The quantitative estimate of drug-likeness (QED) is 0.603. The third-order valence-electron chi connectivity index (χ3n) is 4.59. The molecule has 0 radical (unpaired) electrons. The number of rotatable bonds is 7. The summed E-state index contributed by atoms with van der Waals surface area (Å²) in [6.45, 7) is 1.77. The molecule has 3 aromatic rings. The Kier molecular flexibility index (Phi) is 5.73. The van der Waals surface area contributed by atoms with Gasteiger partial charge in [0.05, 0.1) is 18.4 Å². The molecule has 1 amide bonds. The van der Waals surface area contributed by atoms with E-state index in [-0.39, 0.29) is 29.0 Å². The van der Waals surface area contributed by atoms with Crippen molar-refractivity contribution in [1.82, 2.24) is 24.5 Å². The summed E-state index contributed by atoms with van der Waals surface area (Å²) in [6, 6.07) is 9.76. The zero-order valence-corrected chi connectivity index (χ0v) is 16.1. The molecule has 0 spiro atoms. The minimum absolute atomic E-state index is 0.0883. The van der Waals surface area contributed by atoms with Gasteiger partial charge in [0.2, 0.25) is 11.6 Å². The van der Waals surface area contributed by atoms with E-state index in [0.717, 1.165) is 25.0 Å². The van der Waals surface area contributed by atoms with Gasteiger partial charge in [-0.15, -0.1) is 10.2 Å². The maximum Gasteiger partial charge on any atom is 0.296 e. The SMILES string of the molecule is O=C(CSc1nnc2c(=O)n(Cc3ccccc3)ccn12)NC[C@H]1CCCO1. The number of ether oxygens (including phenoxy) is 1. The second-order valence-electron chi connectivity index (χ2n) is 6.62. The number of fused-ring (bicyclic) bond motifs is 1. The lowest BCUT2D eigenvalue weighted by Gasteiger charge is -2.10. The third-order valence-corrected chi connectivity index (χ3v) is 5.53. The van der Waals surface area contributed by atoms with E-state index in [0.29, 0.717) is 18.2 Å². The highest BCUT2D eigenvalue weighted by Crippen LogP contribution is 2.15. The van der Waals surface area contributed by atoms with E-state index in [2.05, 4.69) is 15.5 Å². The summed E-state index contributed by atoms with van der Waals surface area (Å²) in [4.78, 5) is 24.7. The molecule has 146 valence electrons. The van der Waals surface area contributed by atoms with Gasteiger partial charge in [-0.05, 0) is 18.4 Å². The van der Waals surface area contributed by atoms with Crippen molar-refractivity contribution in [2.24, 2.45) is 0 Å². The number of benzene rings is 1. The molecular weight excluding hydrogens is 378 g/mol. The van der Waals surface area contributed by atoms with Crippen LogP contribution in [0.25, 0.3) is 5.65 Å². The summed E-state index contributed by atoms with van der Waals surface area (Å²) in [6.07, 6.45) is 5.62. The highest BCUT2D eigenvalue weighted by Gasteiger charge is 2.17. The van der Waals surface area contributed by atoms with E-state index >= 15 is 0 Å². The maximum absolute atomic E-state index is 12.7. The standard InChI is InChI=1S/C19H21N5O3S/c25-16(20-11-15-7-4-10-27-15)13-28-19-22-21-17-18(26)23(8-9-24(17)19)12-14-5-2-1-3-6-14/h1-3,5-6,8-9,15H,4,7,10-13H2,(H,20,25)/t15-/m1/s1. The van der Waals surface area contributed by atoms with Gasteiger partial charge in [0.15, 0.2) is 5.16 Å². The zero-order valence-electron chi connectivity index (χ0n) is 15.3. The molecule has 28 heavy (non-hydrogen) atoms. The zero-order chi connectivity index (χ0) is 19.3. The average Bonchev–Trinajstić information content (AvgIpc) is 3.38. The molecule has 1 N–H and O–H groups in total. The van der Waals surface area contributed by atoms with Crippen molar-refractivity contribution in [3.8, 4) is 0 Å². The van der Waals surface area contributed by atoms with Crippen LogP contribution in [0.5, 0.6) is 0 Å². The fourth-order valence-electron chi connectivity index (χ4n) is 3.12. The Morgan fingerprint density at radius 2 is 2.11 bits per heavy atom. The molecule has 1 saturated heterocycles. The van der Waals surface area contributed by atoms with Crippen LogP contribution in [0, 0.1) is 0 Å². The van der Waals surface area contributed by atoms with Gasteiger partial charge in [-0.25, -0.2) is 0 Å². The van der Waals surface area contributed by atoms with Crippen LogP contribution in [-0.2, 0) is 16.1 Å². The summed E-state index contributed by atoms with van der Waals surface area (Å²) in [7, 11) is 0. The van der Waals surface area contributed by atoms with Crippen LogP contribution < -0.4 is 10.9 Å². The van der Waals surface area contributed by atoms with Crippen LogP contribution in [0.1, 0.15) is 18.4 Å². The monoisotopic (exact) mass is 399 g/mol. The van der Waals surface area contributed by atoms with Crippen molar-refractivity contribution in [3.63, 3.8) is 0 Å². The number of carbonyl (C=O) groups is 1. The number of hydrogen-bond acceptors (Lipinski definition) is 6. The first kappa shape index (κ1) is 18.7. The van der Waals surface area contributed by atoms with Crippen LogP contribution in [-0.4, -0.2) is 50.1 Å². The predicted molar refractivity (Wildman–Crippen MR) is 105 cm³/mol. The summed E-state index contributed by atoms with van der Waals surface area (Å²) in [5.41, 5.74) is 1.07. The Bertz CT molecular complexity index is 1010. The molecule has 1 aliphatic rings. The molecule has 1 atom stereocenters. The first-order valence-electron chi connectivity index (χ1n) is 9.20. The van der Waals surface area contributed by atoms with Crippen molar-refractivity contribution in [2.75, 3.05) is 18.9 Å². The van der Waals surface area contributed by atoms with Crippen LogP contribution in [0.2, 0.25) is 0 Å².